The van der Waals surface area contributed by atoms with Crippen molar-refractivity contribution in [1.82, 2.24) is 5.32 Å². The Bertz CT molecular complexity index is 432. The Morgan fingerprint density at radius 2 is 1.83 bits per heavy atom. The van der Waals surface area contributed by atoms with Crippen LogP contribution < -0.4 is 19.5 Å². The molecule has 1 atom stereocenters. The fourth-order valence-electron chi connectivity index (χ4n) is 2.53. The lowest BCUT2D eigenvalue weighted by Gasteiger charge is -2.29. The van der Waals surface area contributed by atoms with Gasteiger partial charge in [0, 0.05) is 29.8 Å². The molecule has 0 fully saturated rings. The second-order valence-electron chi connectivity index (χ2n) is 4.46. The van der Waals surface area contributed by atoms with E-state index in [1.165, 1.54) is 5.56 Å². The average Bonchev–Trinajstić information content (AvgIpc) is 2.44. The van der Waals surface area contributed by atoms with E-state index in [2.05, 4.69) is 12.2 Å². The van der Waals surface area contributed by atoms with Gasteiger partial charge in [0.25, 0.3) is 0 Å². The molecule has 1 unspecified atom stereocenters. The van der Waals surface area contributed by atoms with Gasteiger partial charge in [0.1, 0.15) is 5.75 Å². The molecule has 1 heterocycles. The first-order valence-corrected chi connectivity index (χ1v) is 6.29. The molecule has 100 valence electrons. The maximum absolute atomic E-state index is 5.48. The molecule has 0 amide bonds. The van der Waals surface area contributed by atoms with Crippen LogP contribution in [0.15, 0.2) is 6.07 Å². The molecule has 1 aromatic rings. The summed E-state index contributed by atoms with van der Waals surface area (Å²) in [7, 11) is 5.02. The normalized spacial score (nSPS) is 18.1. The number of nitrogens with one attached hydrogen (secondary N) is 1. The molecule has 0 spiro atoms. The minimum atomic E-state index is 0.504. The summed E-state index contributed by atoms with van der Waals surface area (Å²) in [5.41, 5.74) is 2.39. The van der Waals surface area contributed by atoms with E-state index in [1.807, 2.05) is 6.07 Å². The molecule has 0 bridgehead atoms. The first kappa shape index (κ1) is 13.0. The van der Waals surface area contributed by atoms with Gasteiger partial charge in [0.2, 0.25) is 0 Å². The van der Waals surface area contributed by atoms with E-state index in [1.54, 1.807) is 21.3 Å². The highest BCUT2D eigenvalue weighted by atomic mass is 16.5. The van der Waals surface area contributed by atoms with Crippen molar-refractivity contribution >= 4 is 0 Å². The van der Waals surface area contributed by atoms with E-state index in [4.69, 9.17) is 14.2 Å². The largest absolute Gasteiger partial charge is 0.496 e. The van der Waals surface area contributed by atoms with Gasteiger partial charge in [0.05, 0.1) is 21.3 Å². The molecule has 0 radical (unpaired) electrons. The first-order valence-electron chi connectivity index (χ1n) is 6.29. The third-order valence-corrected chi connectivity index (χ3v) is 3.58. The van der Waals surface area contributed by atoms with Crippen molar-refractivity contribution in [2.24, 2.45) is 0 Å². The Balaban J connectivity index is 2.52. The predicted octanol–water partition coefficient (Wildman–Crippen LogP) is 2.14. The molecule has 1 N–H and O–H groups in total. The summed E-state index contributed by atoms with van der Waals surface area (Å²) in [6.07, 6.45) is 2.08. The smallest absolute Gasteiger partial charge is 0.165 e. The highest BCUT2D eigenvalue weighted by Crippen LogP contribution is 2.41. The monoisotopic (exact) mass is 251 g/mol. The van der Waals surface area contributed by atoms with Gasteiger partial charge in [-0.05, 0) is 12.8 Å². The fraction of sp³-hybridized carbons (Fsp3) is 0.571. The molecule has 0 aliphatic carbocycles. The number of fused-ring (bicyclic) bond motifs is 1. The van der Waals surface area contributed by atoms with Gasteiger partial charge < -0.3 is 19.5 Å². The minimum absolute atomic E-state index is 0.504. The molecular formula is C14H21NO3. The van der Waals surface area contributed by atoms with E-state index >= 15 is 0 Å². The zero-order chi connectivity index (χ0) is 13.1. The van der Waals surface area contributed by atoms with E-state index in [-0.39, 0.29) is 0 Å². The molecule has 0 saturated carbocycles. The van der Waals surface area contributed by atoms with Crippen LogP contribution in [-0.4, -0.2) is 27.4 Å². The number of hydrogen-bond acceptors (Lipinski definition) is 4. The summed E-state index contributed by atoms with van der Waals surface area (Å²) in [5.74, 6) is 2.43. The molecule has 4 heteroatoms. The highest BCUT2D eigenvalue weighted by Gasteiger charge is 2.26. The van der Waals surface area contributed by atoms with E-state index in [9.17, 15) is 0 Å². The van der Waals surface area contributed by atoms with Crippen molar-refractivity contribution in [2.75, 3.05) is 21.3 Å². The molecule has 1 aliphatic heterocycles. The molecular weight excluding hydrogens is 230 g/mol. The molecule has 1 aromatic carbocycles. The van der Waals surface area contributed by atoms with Gasteiger partial charge in [-0.15, -0.1) is 0 Å². The van der Waals surface area contributed by atoms with Crippen molar-refractivity contribution in [2.45, 2.75) is 32.4 Å². The van der Waals surface area contributed by atoms with E-state index in [0.717, 1.165) is 42.2 Å². The van der Waals surface area contributed by atoms with Gasteiger partial charge in [-0.2, -0.15) is 0 Å². The van der Waals surface area contributed by atoms with Gasteiger partial charge >= 0.3 is 0 Å². The lowest BCUT2D eigenvalue weighted by atomic mass is 9.92. The number of methoxy groups -OCH3 is 3. The Labute approximate surface area is 108 Å². The van der Waals surface area contributed by atoms with Crippen LogP contribution in [0.2, 0.25) is 0 Å². The maximum Gasteiger partial charge on any atom is 0.165 e. The summed E-state index contributed by atoms with van der Waals surface area (Å²) in [5, 5.41) is 3.51. The molecule has 18 heavy (non-hydrogen) atoms. The SMILES string of the molecule is CCC1Cc2c(OC)cc(OC)c(OC)c2CN1. The van der Waals surface area contributed by atoms with Gasteiger partial charge in [-0.25, -0.2) is 0 Å². The third-order valence-electron chi connectivity index (χ3n) is 3.58. The van der Waals surface area contributed by atoms with Crippen LogP contribution in [0.4, 0.5) is 0 Å². The summed E-state index contributed by atoms with van der Waals surface area (Å²) in [4.78, 5) is 0. The minimum Gasteiger partial charge on any atom is -0.496 e. The first-order chi connectivity index (χ1) is 8.74. The van der Waals surface area contributed by atoms with Crippen molar-refractivity contribution in [3.05, 3.63) is 17.2 Å². The molecule has 0 aromatic heterocycles. The standard InChI is InChI=1S/C14H21NO3/c1-5-9-6-10-11(8-15-9)14(18-4)13(17-3)7-12(10)16-2/h7,9,15H,5-6,8H2,1-4H3. The molecule has 4 nitrogen and oxygen atoms in total. The van der Waals surface area contributed by atoms with Crippen LogP contribution in [0, 0.1) is 0 Å². The van der Waals surface area contributed by atoms with Crippen LogP contribution in [0.5, 0.6) is 17.2 Å². The number of benzene rings is 1. The van der Waals surface area contributed by atoms with Crippen molar-refractivity contribution in [3.8, 4) is 17.2 Å². The van der Waals surface area contributed by atoms with Crippen molar-refractivity contribution < 1.29 is 14.2 Å². The quantitative estimate of drug-likeness (QED) is 0.890. The lowest BCUT2D eigenvalue weighted by Crippen LogP contribution is -2.35. The van der Waals surface area contributed by atoms with Gasteiger partial charge in [-0.3, -0.25) is 0 Å². The van der Waals surface area contributed by atoms with Crippen molar-refractivity contribution in [1.29, 1.82) is 0 Å². The van der Waals surface area contributed by atoms with E-state index in [0.29, 0.717) is 6.04 Å². The van der Waals surface area contributed by atoms with Crippen LogP contribution >= 0.6 is 0 Å². The van der Waals surface area contributed by atoms with E-state index < -0.39 is 0 Å². The Morgan fingerprint density at radius 1 is 1.11 bits per heavy atom. The van der Waals surface area contributed by atoms with Crippen LogP contribution in [0.25, 0.3) is 0 Å². The number of hydrogen-bond donors (Lipinski definition) is 1. The molecule has 0 saturated heterocycles. The fourth-order valence-corrected chi connectivity index (χ4v) is 2.53. The molecule has 2 rings (SSSR count). The molecule has 1 aliphatic rings. The summed E-state index contributed by atoms with van der Waals surface area (Å²) in [6, 6.07) is 2.42. The zero-order valence-electron chi connectivity index (χ0n) is 11.5. The number of rotatable bonds is 4. The summed E-state index contributed by atoms with van der Waals surface area (Å²) >= 11 is 0. The van der Waals surface area contributed by atoms with Crippen LogP contribution in [-0.2, 0) is 13.0 Å². The Morgan fingerprint density at radius 3 is 2.39 bits per heavy atom. The summed E-state index contributed by atoms with van der Waals surface area (Å²) in [6.45, 7) is 2.99. The Hall–Kier alpha value is -1.42. The topological polar surface area (TPSA) is 39.7 Å². The second-order valence-corrected chi connectivity index (χ2v) is 4.46. The van der Waals surface area contributed by atoms with Gasteiger partial charge in [0.15, 0.2) is 11.5 Å². The van der Waals surface area contributed by atoms with Crippen molar-refractivity contribution in [3.63, 3.8) is 0 Å². The van der Waals surface area contributed by atoms with Gasteiger partial charge in [-0.1, -0.05) is 6.92 Å². The summed E-state index contributed by atoms with van der Waals surface area (Å²) < 4.78 is 16.3. The highest BCUT2D eigenvalue weighted by molar-refractivity contribution is 5.58. The van der Waals surface area contributed by atoms with Crippen LogP contribution in [0.1, 0.15) is 24.5 Å². The third kappa shape index (κ3) is 2.12. The lowest BCUT2D eigenvalue weighted by molar-refractivity contribution is 0.335. The zero-order valence-corrected chi connectivity index (χ0v) is 11.5. The Kier molecular flexibility index (Phi) is 3.97. The predicted molar refractivity (Wildman–Crippen MR) is 70.7 cm³/mol. The van der Waals surface area contributed by atoms with Crippen LogP contribution in [0.3, 0.4) is 0 Å². The second kappa shape index (κ2) is 5.48. The number of ether oxygens (including phenoxy) is 3. The maximum atomic E-state index is 5.48. The average molecular weight is 251 g/mol.